The smallest absolute Gasteiger partial charge is 0.246 e. The monoisotopic (exact) mass is 267 g/mol. The van der Waals surface area contributed by atoms with Crippen LogP contribution in [0.1, 0.15) is 31.6 Å². The summed E-state index contributed by atoms with van der Waals surface area (Å²) in [4.78, 5) is 14.9. The molecule has 4 heteroatoms. The van der Waals surface area contributed by atoms with Crippen molar-refractivity contribution in [3.8, 4) is 0 Å². The van der Waals surface area contributed by atoms with E-state index in [2.05, 4.69) is 13.8 Å². The SMILES string of the molecule is CCC(CC)N(CCO)C(=O)C=Cc1cccs1. The Kier molecular flexibility index (Phi) is 6.68. The molecule has 0 saturated carbocycles. The van der Waals surface area contributed by atoms with E-state index in [1.54, 1.807) is 22.3 Å². The molecule has 3 nitrogen and oxygen atoms in total. The van der Waals surface area contributed by atoms with E-state index in [1.807, 2.05) is 23.6 Å². The molecular formula is C14H21NO2S. The van der Waals surface area contributed by atoms with Gasteiger partial charge in [-0.3, -0.25) is 4.79 Å². The molecule has 1 rings (SSSR count). The topological polar surface area (TPSA) is 40.5 Å². The van der Waals surface area contributed by atoms with Crippen LogP contribution in [0.2, 0.25) is 0 Å². The molecule has 100 valence electrons. The predicted molar refractivity (Wildman–Crippen MR) is 76.5 cm³/mol. The summed E-state index contributed by atoms with van der Waals surface area (Å²) in [6, 6.07) is 4.14. The van der Waals surface area contributed by atoms with Crippen LogP contribution in [-0.4, -0.2) is 35.1 Å². The summed E-state index contributed by atoms with van der Waals surface area (Å²) in [6.07, 6.45) is 5.25. The van der Waals surface area contributed by atoms with Gasteiger partial charge in [-0.25, -0.2) is 0 Å². The summed E-state index contributed by atoms with van der Waals surface area (Å²) in [5.74, 6) is -0.0221. The normalized spacial score (nSPS) is 11.3. The van der Waals surface area contributed by atoms with Gasteiger partial charge in [0.2, 0.25) is 5.91 Å². The molecule has 0 fully saturated rings. The molecule has 18 heavy (non-hydrogen) atoms. The lowest BCUT2D eigenvalue weighted by Gasteiger charge is -2.28. The number of thiophene rings is 1. The lowest BCUT2D eigenvalue weighted by Crippen LogP contribution is -2.40. The van der Waals surface area contributed by atoms with Crippen molar-refractivity contribution in [3.63, 3.8) is 0 Å². The number of amides is 1. The van der Waals surface area contributed by atoms with E-state index in [-0.39, 0.29) is 18.6 Å². The Balaban J connectivity index is 2.70. The van der Waals surface area contributed by atoms with Crippen LogP contribution in [0.5, 0.6) is 0 Å². The lowest BCUT2D eigenvalue weighted by atomic mass is 10.1. The van der Waals surface area contributed by atoms with Crippen LogP contribution in [-0.2, 0) is 4.79 Å². The van der Waals surface area contributed by atoms with Crippen molar-refractivity contribution in [3.05, 3.63) is 28.5 Å². The highest BCUT2D eigenvalue weighted by Crippen LogP contribution is 2.13. The van der Waals surface area contributed by atoms with Crippen LogP contribution >= 0.6 is 11.3 Å². The van der Waals surface area contributed by atoms with Gasteiger partial charge in [0.25, 0.3) is 0 Å². The highest BCUT2D eigenvalue weighted by Gasteiger charge is 2.18. The van der Waals surface area contributed by atoms with Crippen molar-refractivity contribution in [2.24, 2.45) is 0 Å². The van der Waals surface area contributed by atoms with E-state index < -0.39 is 0 Å². The Morgan fingerprint density at radius 2 is 2.22 bits per heavy atom. The maximum absolute atomic E-state index is 12.1. The van der Waals surface area contributed by atoms with Gasteiger partial charge in [0, 0.05) is 23.5 Å². The summed E-state index contributed by atoms with van der Waals surface area (Å²) in [6.45, 7) is 4.54. The molecule has 1 aromatic heterocycles. The van der Waals surface area contributed by atoms with Crippen LogP contribution < -0.4 is 0 Å². The molecule has 0 unspecified atom stereocenters. The van der Waals surface area contributed by atoms with Crippen LogP contribution in [0.15, 0.2) is 23.6 Å². The van der Waals surface area contributed by atoms with Crippen LogP contribution in [0.25, 0.3) is 6.08 Å². The molecule has 0 atom stereocenters. The molecule has 1 amide bonds. The molecule has 0 aliphatic rings. The molecule has 0 aromatic carbocycles. The standard InChI is InChI=1S/C14H21NO2S/c1-3-12(4-2)15(9-10-16)14(17)8-7-13-6-5-11-18-13/h5-8,11-12,16H,3-4,9-10H2,1-2H3. The Morgan fingerprint density at radius 1 is 1.50 bits per heavy atom. The second-order valence-corrected chi connectivity index (χ2v) is 5.05. The van der Waals surface area contributed by atoms with Gasteiger partial charge in [0.1, 0.15) is 0 Å². The largest absolute Gasteiger partial charge is 0.395 e. The van der Waals surface area contributed by atoms with Gasteiger partial charge in [0.05, 0.1) is 6.61 Å². The molecular weight excluding hydrogens is 246 g/mol. The van der Waals surface area contributed by atoms with Gasteiger partial charge >= 0.3 is 0 Å². The Morgan fingerprint density at radius 3 is 2.72 bits per heavy atom. The molecule has 0 radical (unpaired) electrons. The highest BCUT2D eigenvalue weighted by atomic mass is 32.1. The minimum atomic E-state index is -0.0221. The molecule has 1 heterocycles. The maximum atomic E-state index is 12.1. The van der Waals surface area contributed by atoms with Crippen LogP contribution in [0.4, 0.5) is 0 Å². The average Bonchev–Trinajstić information content (AvgIpc) is 2.89. The van der Waals surface area contributed by atoms with E-state index in [9.17, 15) is 4.79 Å². The first-order valence-corrected chi connectivity index (χ1v) is 7.23. The van der Waals surface area contributed by atoms with Gasteiger partial charge in [-0.05, 0) is 30.4 Å². The zero-order chi connectivity index (χ0) is 13.4. The van der Waals surface area contributed by atoms with E-state index in [0.29, 0.717) is 6.54 Å². The average molecular weight is 267 g/mol. The van der Waals surface area contributed by atoms with Crippen molar-refractivity contribution in [1.82, 2.24) is 4.90 Å². The molecule has 1 aromatic rings. The van der Waals surface area contributed by atoms with Gasteiger partial charge in [0.15, 0.2) is 0 Å². The fourth-order valence-electron chi connectivity index (χ4n) is 1.95. The van der Waals surface area contributed by atoms with Crippen molar-refractivity contribution < 1.29 is 9.90 Å². The van der Waals surface area contributed by atoms with E-state index in [0.717, 1.165) is 17.7 Å². The Labute approximate surface area is 113 Å². The quantitative estimate of drug-likeness (QED) is 0.772. The highest BCUT2D eigenvalue weighted by molar-refractivity contribution is 7.10. The number of rotatable bonds is 7. The zero-order valence-electron chi connectivity index (χ0n) is 11.0. The third-order valence-electron chi connectivity index (χ3n) is 2.94. The first-order valence-electron chi connectivity index (χ1n) is 6.35. The van der Waals surface area contributed by atoms with E-state index in [1.165, 1.54) is 0 Å². The molecule has 0 saturated heterocycles. The molecule has 0 aliphatic heterocycles. The first kappa shape index (κ1) is 14.9. The van der Waals surface area contributed by atoms with Crippen molar-refractivity contribution in [2.45, 2.75) is 32.7 Å². The molecule has 1 N–H and O–H groups in total. The van der Waals surface area contributed by atoms with Gasteiger partial charge in [-0.2, -0.15) is 0 Å². The number of hydrogen-bond donors (Lipinski definition) is 1. The Hall–Kier alpha value is -1.13. The minimum Gasteiger partial charge on any atom is -0.395 e. The summed E-state index contributed by atoms with van der Waals surface area (Å²) in [5, 5.41) is 11.0. The number of aliphatic hydroxyl groups is 1. The number of aliphatic hydroxyl groups excluding tert-OH is 1. The fraction of sp³-hybridized carbons (Fsp3) is 0.500. The number of nitrogens with zero attached hydrogens (tertiary/aromatic N) is 1. The predicted octanol–water partition coefficient (Wildman–Crippen LogP) is 2.77. The fourth-order valence-corrected chi connectivity index (χ4v) is 2.56. The summed E-state index contributed by atoms with van der Waals surface area (Å²) < 4.78 is 0. The third kappa shape index (κ3) is 4.27. The maximum Gasteiger partial charge on any atom is 0.246 e. The second kappa shape index (κ2) is 8.06. The van der Waals surface area contributed by atoms with E-state index in [4.69, 9.17) is 5.11 Å². The molecule has 0 aliphatic carbocycles. The first-order chi connectivity index (χ1) is 8.72. The van der Waals surface area contributed by atoms with Crippen molar-refractivity contribution in [1.29, 1.82) is 0 Å². The Bertz CT molecular complexity index is 369. The lowest BCUT2D eigenvalue weighted by molar-refractivity contribution is -0.128. The second-order valence-electron chi connectivity index (χ2n) is 4.07. The molecule has 0 bridgehead atoms. The van der Waals surface area contributed by atoms with Crippen LogP contribution in [0, 0.1) is 0 Å². The number of carbonyl (C=O) groups is 1. The van der Waals surface area contributed by atoms with Crippen molar-refractivity contribution in [2.75, 3.05) is 13.2 Å². The van der Waals surface area contributed by atoms with E-state index >= 15 is 0 Å². The minimum absolute atomic E-state index is 0.00901. The van der Waals surface area contributed by atoms with Gasteiger partial charge in [-0.15, -0.1) is 11.3 Å². The van der Waals surface area contributed by atoms with Crippen molar-refractivity contribution >= 4 is 23.3 Å². The summed E-state index contributed by atoms with van der Waals surface area (Å²) >= 11 is 1.60. The van der Waals surface area contributed by atoms with Gasteiger partial charge < -0.3 is 10.0 Å². The summed E-state index contributed by atoms with van der Waals surface area (Å²) in [7, 11) is 0. The molecule has 0 spiro atoms. The number of carbonyl (C=O) groups excluding carboxylic acids is 1. The van der Waals surface area contributed by atoms with Crippen LogP contribution in [0.3, 0.4) is 0 Å². The zero-order valence-corrected chi connectivity index (χ0v) is 11.8. The number of hydrogen-bond acceptors (Lipinski definition) is 3. The van der Waals surface area contributed by atoms with Gasteiger partial charge in [-0.1, -0.05) is 19.9 Å². The third-order valence-corrected chi connectivity index (χ3v) is 3.78. The summed E-state index contributed by atoms with van der Waals surface area (Å²) in [5.41, 5.74) is 0.